The molecule has 2 amide bonds. The van der Waals surface area contributed by atoms with Gasteiger partial charge in [0.05, 0.1) is 18.7 Å². The van der Waals surface area contributed by atoms with Crippen LogP contribution < -0.4 is 16.2 Å². The van der Waals surface area contributed by atoms with Crippen LogP contribution >= 0.6 is 0 Å². The number of aryl methyl sites for hydroxylation is 2. The molecule has 3 heterocycles. The van der Waals surface area contributed by atoms with E-state index in [0.29, 0.717) is 42.3 Å². The second-order valence-electron chi connectivity index (χ2n) is 10.4. The summed E-state index contributed by atoms with van der Waals surface area (Å²) in [6.45, 7) is 6.92. The number of fused-ring (bicyclic) bond motifs is 1. The van der Waals surface area contributed by atoms with Crippen LogP contribution in [-0.4, -0.2) is 53.0 Å². The van der Waals surface area contributed by atoms with Crippen LogP contribution in [0.4, 0.5) is 0 Å². The molecule has 0 aliphatic carbocycles. The average Bonchev–Trinajstić information content (AvgIpc) is 2.91. The third kappa shape index (κ3) is 4.11. The predicted octanol–water partition coefficient (Wildman–Crippen LogP) is 2.14. The molecule has 2 aliphatic heterocycles. The number of primary amides is 1. The van der Waals surface area contributed by atoms with Crippen molar-refractivity contribution >= 4 is 22.6 Å². The van der Waals surface area contributed by atoms with Gasteiger partial charge in [-0.3, -0.25) is 19.0 Å². The van der Waals surface area contributed by atoms with Crippen LogP contribution in [0.15, 0.2) is 53.5 Å². The number of likely N-dealkylation sites (tertiary alicyclic amines) is 2. The molecule has 1 aromatic heterocycles. The van der Waals surface area contributed by atoms with Crippen LogP contribution in [0.25, 0.3) is 16.5 Å². The first-order chi connectivity index (χ1) is 17.3. The number of quaternary nitrogens is 1. The van der Waals surface area contributed by atoms with E-state index in [-0.39, 0.29) is 17.4 Å². The van der Waals surface area contributed by atoms with Gasteiger partial charge in [0.2, 0.25) is 0 Å². The number of carbonyl (C=O) groups is 2. The Kier molecular flexibility index (Phi) is 6.43. The van der Waals surface area contributed by atoms with E-state index in [0.717, 1.165) is 42.7 Å². The minimum absolute atomic E-state index is 0.115. The zero-order valence-corrected chi connectivity index (χ0v) is 21.2. The molecular weight excluding hydrogens is 452 g/mol. The average molecular weight is 488 g/mol. The molecule has 188 valence electrons. The van der Waals surface area contributed by atoms with Gasteiger partial charge in [-0.15, -0.1) is 0 Å². The summed E-state index contributed by atoms with van der Waals surface area (Å²) in [5, 5.41) is 1.17. The van der Waals surface area contributed by atoms with Gasteiger partial charge in [0.15, 0.2) is 5.54 Å². The van der Waals surface area contributed by atoms with Crippen LogP contribution in [0.2, 0.25) is 0 Å². The first-order valence-electron chi connectivity index (χ1n) is 13.0. The molecule has 36 heavy (non-hydrogen) atoms. The molecule has 3 aromatic rings. The lowest BCUT2D eigenvalue weighted by Gasteiger charge is -2.45. The maximum absolute atomic E-state index is 13.9. The smallest absolute Gasteiger partial charge is 0.278 e. The quantitative estimate of drug-likeness (QED) is 0.591. The van der Waals surface area contributed by atoms with E-state index in [2.05, 4.69) is 0 Å². The number of hydrogen-bond acceptors (Lipinski definition) is 3. The summed E-state index contributed by atoms with van der Waals surface area (Å²) in [6, 6.07) is 13.2. The number of nitrogens with one attached hydrogen (secondary N) is 1. The number of hydrogen-bond donors (Lipinski definition) is 2. The topological polar surface area (TPSA) is 89.8 Å². The van der Waals surface area contributed by atoms with Crippen molar-refractivity contribution < 1.29 is 14.5 Å². The molecule has 0 bridgehead atoms. The number of piperidine rings is 2. The van der Waals surface area contributed by atoms with Crippen molar-refractivity contribution in [3.05, 3.63) is 75.7 Å². The molecule has 2 saturated heterocycles. The molecule has 5 rings (SSSR count). The number of aromatic nitrogens is 1. The minimum atomic E-state index is -0.600. The molecule has 2 aliphatic rings. The molecule has 0 atom stereocenters. The molecule has 7 nitrogen and oxygen atoms in total. The van der Waals surface area contributed by atoms with Crippen molar-refractivity contribution in [1.82, 2.24) is 9.47 Å². The number of benzene rings is 2. The zero-order chi connectivity index (χ0) is 25.4. The summed E-state index contributed by atoms with van der Waals surface area (Å²) in [5.41, 5.74) is 8.68. The van der Waals surface area contributed by atoms with E-state index in [1.807, 2.05) is 55.1 Å². The summed E-state index contributed by atoms with van der Waals surface area (Å²) in [7, 11) is 0. The Morgan fingerprint density at radius 1 is 0.917 bits per heavy atom. The lowest BCUT2D eigenvalue weighted by molar-refractivity contribution is -0.948. The molecule has 2 aromatic carbocycles. The van der Waals surface area contributed by atoms with Crippen LogP contribution in [0.1, 0.15) is 53.6 Å². The Balaban J connectivity index is 1.50. The fraction of sp³-hybridized carbons (Fsp3) is 0.414. The highest BCUT2D eigenvalue weighted by Gasteiger charge is 2.49. The SMILES string of the molecule is Cc1ccc(-n2cc(C(=O)N3CCC(C(N)=O)([NH+]4CCCCC4)CC3)c3ccccc3c2=O)cc1C. The second kappa shape index (κ2) is 9.54. The van der Waals surface area contributed by atoms with E-state index in [1.165, 1.54) is 11.3 Å². The normalized spacial score (nSPS) is 18.3. The maximum Gasteiger partial charge on any atom is 0.278 e. The minimum Gasteiger partial charge on any atom is -0.364 e. The lowest BCUT2D eigenvalue weighted by atomic mass is 9.83. The van der Waals surface area contributed by atoms with Gasteiger partial charge in [0, 0.05) is 48.6 Å². The van der Waals surface area contributed by atoms with Crippen molar-refractivity contribution in [1.29, 1.82) is 0 Å². The first kappa shape index (κ1) is 24.3. The fourth-order valence-corrected chi connectivity index (χ4v) is 6.02. The first-order valence-corrected chi connectivity index (χ1v) is 13.0. The summed E-state index contributed by atoms with van der Waals surface area (Å²) in [6.07, 6.45) is 6.24. The Hall–Kier alpha value is -3.45. The number of nitrogens with two attached hydrogens (primary N) is 1. The summed E-state index contributed by atoms with van der Waals surface area (Å²) in [4.78, 5) is 43.0. The van der Waals surface area contributed by atoms with E-state index in [1.54, 1.807) is 16.8 Å². The third-order valence-corrected chi connectivity index (χ3v) is 8.43. The van der Waals surface area contributed by atoms with E-state index in [9.17, 15) is 14.4 Å². The van der Waals surface area contributed by atoms with Crippen LogP contribution in [0.3, 0.4) is 0 Å². The van der Waals surface area contributed by atoms with Crippen LogP contribution in [0, 0.1) is 13.8 Å². The molecule has 2 fully saturated rings. The third-order valence-electron chi connectivity index (χ3n) is 8.43. The molecule has 3 N–H and O–H groups in total. The summed E-state index contributed by atoms with van der Waals surface area (Å²) >= 11 is 0. The highest BCUT2D eigenvalue weighted by atomic mass is 16.2. The number of pyridine rings is 1. The zero-order valence-electron chi connectivity index (χ0n) is 21.2. The van der Waals surface area contributed by atoms with Gasteiger partial charge < -0.3 is 15.5 Å². The van der Waals surface area contributed by atoms with Crippen LogP contribution in [0.5, 0.6) is 0 Å². The van der Waals surface area contributed by atoms with Gasteiger partial charge in [-0.05, 0) is 62.4 Å². The van der Waals surface area contributed by atoms with Gasteiger partial charge >= 0.3 is 0 Å². The number of nitrogens with zero attached hydrogens (tertiary/aromatic N) is 2. The van der Waals surface area contributed by atoms with Gasteiger partial charge in [-0.25, -0.2) is 0 Å². The van der Waals surface area contributed by atoms with Crippen molar-refractivity contribution in [3.8, 4) is 5.69 Å². The van der Waals surface area contributed by atoms with Gasteiger partial charge in [0.25, 0.3) is 17.4 Å². The Morgan fingerprint density at radius 2 is 1.58 bits per heavy atom. The lowest BCUT2D eigenvalue weighted by Crippen LogP contribution is -3.22. The Bertz CT molecular complexity index is 1380. The molecule has 0 unspecified atom stereocenters. The maximum atomic E-state index is 13.9. The van der Waals surface area contributed by atoms with Gasteiger partial charge in [0.1, 0.15) is 0 Å². The van der Waals surface area contributed by atoms with E-state index >= 15 is 0 Å². The summed E-state index contributed by atoms with van der Waals surface area (Å²) < 4.78 is 1.58. The molecular formula is C29H35N4O3+. The van der Waals surface area contributed by atoms with Gasteiger partial charge in [-0.2, -0.15) is 0 Å². The molecule has 0 radical (unpaired) electrons. The largest absolute Gasteiger partial charge is 0.364 e. The number of carbonyl (C=O) groups excluding carboxylic acids is 2. The highest BCUT2D eigenvalue weighted by molar-refractivity contribution is 6.06. The highest BCUT2D eigenvalue weighted by Crippen LogP contribution is 2.25. The summed E-state index contributed by atoms with van der Waals surface area (Å²) in [5.74, 6) is -0.365. The second-order valence-corrected chi connectivity index (χ2v) is 10.4. The molecule has 0 saturated carbocycles. The van der Waals surface area contributed by atoms with Gasteiger partial charge in [-0.1, -0.05) is 24.3 Å². The molecule has 0 spiro atoms. The van der Waals surface area contributed by atoms with Crippen molar-refractivity contribution in [2.24, 2.45) is 5.73 Å². The molecule has 7 heteroatoms. The Labute approximate surface area is 211 Å². The van der Waals surface area contributed by atoms with Crippen molar-refractivity contribution in [3.63, 3.8) is 0 Å². The predicted molar refractivity (Wildman–Crippen MR) is 141 cm³/mol. The van der Waals surface area contributed by atoms with E-state index in [4.69, 9.17) is 5.73 Å². The van der Waals surface area contributed by atoms with Crippen LogP contribution in [-0.2, 0) is 4.79 Å². The number of amides is 2. The fourth-order valence-electron chi connectivity index (χ4n) is 6.02. The Morgan fingerprint density at radius 3 is 2.22 bits per heavy atom. The van der Waals surface area contributed by atoms with E-state index < -0.39 is 5.54 Å². The standard InChI is InChI=1S/C29H34N4O3/c1-20-10-11-22(18-21(20)2)33-19-25(23-8-4-5-9-24(23)27(33)35)26(34)31-16-12-29(13-17-31,28(30)36)32-14-6-3-7-15-32/h4-5,8-11,18-19H,3,6-7,12-17H2,1-2H3,(H2,30,36)/p+1. The number of rotatable bonds is 4. The monoisotopic (exact) mass is 487 g/mol. The van der Waals surface area contributed by atoms with Crippen molar-refractivity contribution in [2.45, 2.75) is 51.5 Å². The van der Waals surface area contributed by atoms with Crippen molar-refractivity contribution in [2.75, 3.05) is 26.2 Å².